The van der Waals surface area contributed by atoms with E-state index in [2.05, 4.69) is 0 Å². The maximum atomic E-state index is 10.9. The van der Waals surface area contributed by atoms with E-state index in [0.717, 1.165) is 6.42 Å². The van der Waals surface area contributed by atoms with Crippen LogP contribution in [0.25, 0.3) is 0 Å². The summed E-state index contributed by atoms with van der Waals surface area (Å²) in [5.41, 5.74) is 5.62. The molecule has 0 unspecified atom stereocenters. The van der Waals surface area contributed by atoms with Crippen LogP contribution in [-0.4, -0.2) is 29.8 Å². The first kappa shape index (κ1) is 8.77. The van der Waals surface area contributed by atoms with E-state index in [0.29, 0.717) is 18.7 Å². The van der Waals surface area contributed by atoms with Gasteiger partial charge in [0.1, 0.15) is 0 Å². The topological polar surface area (TPSA) is 63.4 Å². The van der Waals surface area contributed by atoms with Gasteiger partial charge in [-0.25, -0.2) is 0 Å². The molecule has 4 heteroatoms. The Morgan fingerprint density at radius 1 is 1.58 bits per heavy atom. The third kappa shape index (κ3) is 1.84. The monoisotopic (exact) mass is 168 g/mol. The average Bonchev–Trinajstić information content (AvgIpc) is 2.04. The SMILES string of the molecule is CC(=O)N1CCC=C(C(N)=O)C1. The molecule has 0 radical (unpaired) electrons. The summed E-state index contributed by atoms with van der Waals surface area (Å²) >= 11 is 0. The van der Waals surface area contributed by atoms with Crippen molar-refractivity contribution < 1.29 is 9.59 Å². The van der Waals surface area contributed by atoms with Gasteiger partial charge in [-0.05, 0) is 6.42 Å². The molecule has 0 aromatic heterocycles. The lowest BCUT2D eigenvalue weighted by Gasteiger charge is -2.24. The number of nitrogens with zero attached hydrogens (tertiary/aromatic N) is 1. The first-order valence-corrected chi connectivity index (χ1v) is 3.85. The summed E-state index contributed by atoms with van der Waals surface area (Å²) in [4.78, 5) is 23.3. The smallest absolute Gasteiger partial charge is 0.246 e. The Hall–Kier alpha value is -1.32. The number of rotatable bonds is 1. The van der Waals surface area contributed by atoms with Crippen molar-refractivity contribution in [3.8, 4) is 0 Å². The lowest BCUT2D eigenvalue weighted by Crippen LogP contribution is -2.37. The predicted octanol–water partition coefficient (Wildman–Crippen LogP) is -0.350. The third-order valence-corrected chi connectivity index (χ3v) is 1.91. The van der Waals surface area contributed by atoms with Crippen LogP contribution >= 0.6 is 0 Å². The summed E-state index contributed by atoms with van der Waals surface area (Å²) in [6.45, 7) is 2.54. The van der Waals surface area contributed by atoms with Crippen molar-refractivity contribution >= 4 is 11.8 Å². The zero-order valence-electron chi connectivity index (χ0n) is 7.04. The molecule has 2 N–H and O–H groups in total. The number of amides is 2. The zero-order chi connectivity index (χ0) is 9.14. The van der Waals surface area contributed by atoms with E-state index in [4.69, 9.17) is 5.73 Å². The maximum Gasteiger partial charge on any atom is 0.246 e. The Morgan fingerprint density at radius 3 is 2.75 bits per heavy atom. The molecule has 1 aliphatic heterocycles. The van der Waals surface area contributed by atoms with Crippen LogP contribution in [0.2, 0.25) is 0 Å². The molecule has 0 aromatic carbocycles. The predicted molar refractivity (Wildman–Crippen MR) is 44.1 cm³/mol. The minimum atomic E-state index is -0.430. The van der Waals surface area contributed by atoms with Gasteiger partial charge in [0.2, 0.25) is 11.8 Å². The van der Waals surface area contributed by atoms with Crippen LogP contribution in [-0.2, 0) is 9.59 Å². The van der Waals surface area contributed by atoms with Crippen LogP contribution in [0.4, 0.5) is 0 Å². The van der Waals surface area contributed by atoms with Crippen LogP contribution in [0.1, 0.15) is 13.3 Å². The van der Waals surface area contributed by atoms with E-state index in [-0.39, 0.29) is 5.91 Å². The minimum Gasteiger partial charge on any atom is -0.366 e. The molecular weight excluding hydrogens is 156 g/mol. The second-order valence-electron chi connectivity index (χ2n) is 2.82. The van der Waals surface area contributed by atoms with Gasteiger partial charge < -0.3 is 10.6 Å². The van der Waals surface area contributed by atoms with Crippen molar-refractivity contribution in [3.05, 3.63) is 11.6 Å². The molecule has 0 aromatic rings. The molecule has 1 rings (SSSR count). The van der Waals surface area contributed by atoms with Gasteiger partial charge in [0.15, 0.2) is 0 Å². The van der Waals surface area contributed by atoms with Crippen LogP contribution in [0.15, 0.2) is 11.6 Å². The zero-order valence-corrected chi connectivity index (χ0v) is 7.04. The molecule has 66 valence electrons. The number of carbonyl (C=O) groups is 2. The maximum absolute atomic E-state index is 10.9. The molecule has 4 nitrogen and oxygen atoms in total. The lowest BCUT2D eigenvalue weighted by molar-refractivity contribution is -0.128. The van der Waals surface area contributed by atoms with Crippen LogP contribution in [0, 0.1) is 0 Å². The fourth-order valence-electron chi connectivity index (χ4n) is 1.19. The summed E-state index contributed by atoms with van der Waals surface area (Å²) in [6.07, 6.45) is 2.51. The van der Waals surface area contributed by atoms with Gasteiger partial charge in [0.25, 0.3) is 0 Å². The van der Waals surface area contributed by atoms with Crippen LogP contribution < -0.4 is 5.73 Å². The summed E-state index contributed by atoms with van der Waals surface area (Å²) < 4.78 is 0. The Labute approximate surface area is 71.0 Å². The van der Waals surface area contributed by atoms with Crippen molar-refractivity contribution in [1.82, 2.24) is 4.90 Å². The molecule has 12 heavy (non-hydrogen) atoms. The highest BCUT2D eigenvalue weighted by molar-refractivity contribution is 5.93. The van der Waals surface area contributed by atoms with E-state index in [1.165, 1.54) is 6.92 Å². The van der Waals surface area contributed by atoms with Gasteiger partial charge in [-0.2, -0.15) is 0 Å². The van der Waals surface area contributed by atoms with Crippen molar-refractivity contribution in [1.29, 1.82) is 0 Å². The Bertz CT molecular complexity index is 245. The average molecular weight is 168 g/mol. The number of hydrogen-bond acceptors (Lipinski definition) is 2. The second kappa shape index (κ2) is 3.38. The number of hydrogen-bond donors (Lipinski definition) is 1. The summed E-state index contributed by atoms with van der Waals surface area (Å²) in [7, 11) is 0. The Balaban J connectivity index is 2.65. The quantitative estimate of drug-likeness (QED) is 0.581. The van der Waals surface area contributed by atoms with E-state index in [1.54, 1.807) is 11.0 Å². The van der Waals surface area contributed by atoms with Gasteiger partial charge in [-0.15, -0.1) is 0 Å². The molecule has 0 atom stereocenters. The molecular formula is C8H12N2O2. The van der Waals surface area contributed by atoms with Gasteiger partial charge in [-0.3, -0.25) is 9.59 Å². The highest BCUT2D eigenvalue weighted by Crippen LogP contribution is 2.08. The highest BCUT2D eigenvalue weighted by atomic mass is 16.2. The van der Waals surface area contributed by atoms with E-state index in [1.807, 2.05) is 0 Å². The molecule has 0 bridgehead atoms. The van der Waals surface area contributed by atoms with Crippen molar-refractivity contribution in [3.63, 3.8) is 0 Å². The summed E-state index contributed by atoms with van der Waals surface area (Å²) in [6, 6.07) is 0. The first-order chi connectivity index (χ1) is 5.61. The van der Waals surface area contributed by atoms with Gasteiger partial charge in [0, 0.05) is 19.0 Å². The van der Waals surface area contributed by atoms with Crippen molar-refractivity contribution in [2.75, 3.05) is 13.1 Å². The van der Waals surface area contributed by atoms with Crippen molar-refractivity contribution in [2.24, 2.45) is 5.73 Å². The van der Waals surface area contributed by atoms with Gasteiger partial charge in [0.05, 0.1) is 6.54 Å². The lowest BCUT2D eigenvalue weighted by atomic mass is 10.1. The minimum absolute atomic E-state index is 0.0122. The number of carbonyl (C=O) groups excluding carboxylic acids is 2. The molecule has 0 saturated heterocycles. The Kier molecular flexibility index (Phi) is 2.47. The van der Waals surface area contributed by atoms with Gasteiger partial charge >= 0.3 is 0 Å². The number of primary amides is 1. The molecule has 0 aliphatic carbocycles. The molecule has 1 heterocycles. The Morgan fingerprint density at radius 2 is 2.25 bits per heavy atom. The van der Waals surface area contributed by atoms with Crippen molar-refractivity contribution in [2.45, 2.75) is 13.3 Å². The molecule has 1 aliphatic rings. The van der Waals surface area contributed by atoms with E-state index >= 15 is 0 Å². The normalized spacial score (nSPS) is 17.1. The molecule has 2 amide bonds. The standard InChI is InChI=1S/C8H12N2O2/c1-6(11)10-4-2-3-7(5-10)8(9)12/h3H,2,4-5H2,1H3,(H2,9,12). The third-order valence-electron chi connectivity index (χ3n) is 1.91. The largest absolute Gasteiger partial charge is 0.366 e. The van der Waals surface area contributed by atoms with Gasteiger partial charge in [-0.1, -0.05) is 6.08 Å². The fraction of sp³-hybridized carbons (Fsp3) is 0.500. The van der Waals surface area contributed by atoms with Crippen LogP contribution in [0.5, 0.6) is 0 Å². The molecule has 0 spiro atoms. The highest BCUT2D eigenvalue weighted by Gasteiger charge is 2.17. The summed E-state index contributed by atoms with van der Waals surface area (Å²) in [5, 5.41) is 0. The summed E-state index contributed by atoms with van der Waals surface area (Å²) in [5.74, 6) is -0.442. The van der Waals surface area contributed by atoms with E-state index < -0.39 is 5.91 Å². The molecule has 0 saturated carbocycles. The number of nitrogens with two attached hydrogens (primary N) is 1. The van der Waals surface area contributed by atoms with E-state index in [9.17, 15) is 9.59 Å². The second-order valence-corrected chi connectivity index (χ2v) is 2.82. The van der Waals surface area contributed by atoms with Crippen LogP contribution in [0.3, 0.4) is 0 Å². The fourth-order valence-corrected chi connectivity index (χ4v) is 1.19. The first-order valence-electron chi connectivity index (χ1n) is 3.85. The molecule has 0 fully saturated rings.